The Morgan fingerprint density at radius 1 is 1.28 bits per heavy atom. The third-order valence-electron chi connectivity index (χ3n) is 3.11. The second-order valence-corrected chi connectivity index (χ2v) is 5.63. The third kappa shape index (κ3) is 1.65. The Bertz CT molecular complexity index is 712. The molecule has 92 valence electrons. The molecule has 0 radical (unpaired) electrons. The minimum atomic E-state index is 0.00685. The van der Waals surface area contributed by atoms with Gasteiger partial charge in [-0.25, -0.2) is 4.98 Å². The molecule has 3 nitrogen and oxygen atoms in total. The van der Waals surface area contributed by atoms with Gasteiger partial charge >= 0.3 is 0 Å². The van der Waals surface area contributed by atoms with Crippen molar-refractivity contribution in [2.75, 3.05) is 0 Å². The number of nitrogens with one attached hydrogen (secondary N) is 1. The first-order valence-corrected chi connectivity index (χ1v) is 6.67. The Labute approximate surface area is 109 Å². The van der Waals surface area contributed by atoms with Crippen LogP contribution in [0.2, 0.25) is 0 Å². The summed E-state index contributed by atoms with van der Waals surface area (Å²) >= 11 is 1.55. The van der Waals surface area contributed by atoms with E-state index in [1.807, 2.05) is 19.1 Å². The molecule has 0 amide bonds. The molecule has 0 spiro atoms. The van der Waals surface area contributed by atoms with Gasteiger partial charge in [0.05, 0.1) is 12.3 Å². The summed E-state index contributed by atoms with van der Waals surface area (Å²) < 4.78 is 0. The van der Waals surface area contributed by atoms with Crippen LogP contribution in [-0.2, 0) is 6.61 Å². The second-order valence-electron chi connectivity index (χ2n) is 4.34. The van der Waals surface area contributed by atoms with Crippen LogP contribution in [0, 0.1) is 13.8 Å². The molecule has 2 aromatic heterocycles. The van der Waals surface area contributed by atoms with E-state index in [9.17, 15) is 5.11 Å². The van der Waals surface area contributed by atoms with Gasteiger partial charge in [0, 0.05) is 27.0 Å². The highest BCUT2D eigenvalue weighted by Crippen LogP contribution is 2.35. The van der Waals surface area contributed by atoms with Crippen molar-refractivity contribution in [3.8, 4) is 11.3 Å². The van der Waals surface area contributed by atoms with E-state index in [0.29, 0.717) is 0 Å². The van der Waals surface area contributed by atoms with Crippen LogP contribution < -0.4 is 0 Å². The molecule has 18 heavy (non-hydrogen) atoms. The Hall–Kier alpha value is -1.65. The molecule has 4 heteroatoms. The summed E-state index contributed by atoms with van der Waals surface area (Å²) in [6, 6.07) is 8.23. The van der Waals surface area contributed by atoms with E-state index in [2.05, 4.69) is 29.0 Å². The molecule has 0 atom stereocenters. The fourth-order valence-corrected chi connectivity index (χ4v) is 3.13. The first-order chi connectivity index (χ1) is 8.70. The van der Waals surface area contributed by atoms with Crippen LogP contribution in [0.3, 0.4) is 0 Å². The normalized spacial score (nSPS) is 11.3. The predicted molar refractivity (Wildman–Crippen MR) is 74.8 cm³/mol. The molecule has 0 saturated heterocycles. The van der Waals surface area contributed by atoms with Gasteiger partial charge in [0.1, 0.15) is 5.01 Å². The number of aliphatic hydroxyl groups is 1. The Balaban J connectivity index is 2.30. The minimum Gasteiger partial charge on any atom is -0.389 e. The first kappa shape index (κ1) is 11.4. The zero-order chi connectivity index (χ0) is 12.7. The van der Waals surface area contributed by atoms with Crippen LogP contribution in [0.4, 0.5) is 0 Å². The van der Waals surface area contributed by atoms with Crippen molar-refractivity contribution in [3.05, 3.63) is 39.8 Å². The molecule has 0 aliphatic heterocycles. The molecule has 0 fully saturated rings. The van der Waals surface area contributed by atoms with Crippen molar-refractivity contribution in [2.45, 2.75) is 20.5 Å². The lowest BCUT2D eigenvalue weighted by atomic mass is 10.1. The summed E-state index contributed by atoms with van der Waals surface area (Å²) in [4.78, 5) is 9.06. The summed E-state index contributed by atoms with van der Waals surface area (Å²) in [5.74, 6) is 0. The van der Waals surface area contributed by atoms with E-state index >= 15 is 0 Å². The summed E-state index contributed by atoms with van der Waals surface area (Å²) in [5, 5.41) is 11.2. The molecule has 3 aromatic rings. The van der Waals surface area contributed by atoms with E-state index in [0.717, 1.165) is 32.4 Å². The average molecular weight is 258 g/mol. The van der Waals surface area contributed by atoms with E-state index in [-0.39, 0.29) is 6.61 Å². The van der Waals surface area contributed by atoms with Crippen molar-refractivity contribution in [2.24, 2.45) is 0 Å². The fourth-order valence-electron chi connectivity index (χ4n) is 2.33. The third-order valence-corrected chi connectivity index (χ3v) is 4.06. The average Bonchev–Trinajstić information content (AvgIpc) is 2.88. The van der Waals surface area contributed by atoms with Crippen LogP contribution in [-0.4, -0.2) is 15.1 Å². The van der Waals surface area contributed by atoms with Gasteiger partial charge in [-0.15, -0.1) is 11.3 Å². The van der Waals surface area contributed by atoms with Crippen molar-refractivity contribution in [3.63, 3.8) is 0 Å². The molecule has 2 heterocycles. The lowest BCUT2D eigenvalue weighted by Crippen LogP contribution is -1.84. The summed E-state index contributed by atoms with van der Waals surface area (Å²) in [7, 11) is 0. The number of aromatic amines is 1. The topological polar surface area (TPSA) is 48.9 Å². The molecule has 1 aromatic carbocycles. The SMILES string of the molecule is Cc1[nH]c2ccccc2c1-c1nc(CO)sc1C. The largest absolute Gasteiger partial charge is 0.389 e. The van der Waals surface area contributed by atoms with Crippen LogP contribution in [0.5, 0.6) is 0 Å². The van der Waals surface area contributed by atoms with Gasteiger partial charge in [0.15, 0.2) is 0 Å². The number of hydrogen-bond donors (Lipinski definition) is 2. The fraction of sp³-hybridized carbons (Fsp3) is 0.214. The van der Waals surface area contributed by atoms with E-state index in [1.165, 1.54) is 5.39 Å². The molecule has 3 rings (SSSR count). The monoisotopic (exact) mass is 258 g/mol. The highest BCUT2D eigenvalue weighted by atomic mass is 32.1. The number of H-pyrrole nitrogens is 1. The number of hydrogen-bond acceptors (Lipinski definition) is 3. The number of fused-ring (bicyclic) bond motifs is 1. The smallest absolute Gasteiger partial charge is 0.119 e. The number of nitrogens with zero attached hydrogens (tertiary/aromatic N) is 1. The number of aliphatic hydroxyl groups excluding tert-OH is 1. The maximum absolute atomic E-state index is 9.20. The van der Waals surface area contributed by atoms with Gasteiger partial charge in [-0.05, 0) is 19.9 Å². The van der Waals surface area contributed by atoms with Crippen LogP contribution >= 0.6 is 11.3 Å². The Morgan fingerprint density at radius 2 is 2.06 bits per heavy atom. The van der Waals surface area contributed by atoms with Gasteiger partial charge in [0.25, 0.3) is 0 Å². The summed E-state index contributed by atoms with van der Waals surface area (Å²) in [6.45, 7) is 4.12. The molecular weight excluding hydrogens is 244 g/mol. The highest BCUT2D eigenvalue weighted by molar-refractivity contribution is 7.12. The zero-order valence-corrected chi connectivity index (χ0v) is 11.1. The lowest BCUT2D eigenvalue weighted by molar-refractivity contribution is 0.281. The van der Waals surface area contributed by atoms with E-state index in [1.54, 1.807) is 11.3 Å². The maximum Gasteiger partial charge on any atom is 0.119 e. The molecular formula is C14H14N2OS. The van der Waals surface area contributed by atoms with Crippen LogP contribution in [0.25, 0.3) is 22.2 Å². The Morgan fingerprint density at radius 3 is 2.78 bits per heavy atom. The maximum atomic E-state index is 9.20. The predicted octanol–water partition coefficient (Wildman–Crippen LogP) is 3.40. The highest BCUT2D eigenvalue weighted by Gasteiger charge is 2.16. The minimum absolute atomic E-state index is 0.00685. The Kier molecular flexibility index (Phi) is 2.69. The number of thiazole rings is 1. The quantitative estimate of drug-likeness (QED) is 0.740. The van der Waals surface area contributed by atoms with Crippen LogP contribution in [0.1, 0.15) is 15.6 Å². The molecule has 2 N–H and O–H groups in total. The number of rotatable bonds is 2. The first-order valence-electron chi connectivity index (χ1n) is 5.85. The van der Waals surface area contributed by atoms with Gasteiger partial charge in [-0.2, -0.15) is 0 Å². The van der Waals surface area contributed by atoms with Crippen LogP contribution in [0.15, 0.2) is 24.3 Å². The molecule has 0 bridgehead atoms. The van der Waals surface area contributed by atoms with Crippen molar-refractivity contribution >= 4 is 22.2 Å². The number of benzene rings is 1. The number of aryl methyl sites for hydroxylation is 2. The van der Waals surface area contributed by atoms with Gasteiger partial charge in [-0.3, -0.25) is 0 Å². The van der Waals surface area contributed by atoms with Crippen molar-refractivity contribution in [1.82, 2.24) is 9.97 Å². The van der Waals surface area contributed by atoms with Gasteiger partial charge in [-0.1, -0.05) is 18.2 Å². The van der Waals surface area contributed by atoms with Crippen molar-refractivity contribution < 1.29 is 5.11 Å². The second kappa shape index (κ2) is 4.23. The lowest BCUT2D eigenvalue weighted by Gasteiger charge is -1.98. The number of aromatic nitrogens is 2. The molecule has 0 saturated carbocycles. The van der Waals surface area contributed by atoms with Gasteiger partial charge < -0.3 is 10.1 Å². The summed E-state index contributed by atoms with van der Waals surface area (Å²) in [5.41, 5.74) is 4.38. The zero-order valence-electron chi connectivity index (χ0n) is 10.3. The summed E-state index contributed by atoms with van der Waals surface area (Å²) in [6.07, 6.45) is 0. The number of para-hydroxylation sites is 1. The van der Waals surface area contributed by atoms with Gasteiger partial charge in [0.2, 0.25) is 0 Å². The molecule has 0 aliphatic carbocycles. The van der Waals surface area contributed by atoms with Crippen molar-refractivity contribution in [1.29, 1.82) is 0 Å². The van der Waals surface area contributed by atoms with E-state index in [4.69, 9.17) is 0 Å². The molecule has 0 unspecified atom stereocenters. The molecule has 0 aliphatic rings. The van der Waals surface area contributed by atoms with E-state index < -0.39 is 0 Å². The standard InChI is InChI=1S/C14H14N2OS/c1-8-13(10-5-3-4-6-11(10)15-8)14-9(2)18-12(7-17)16-14/h3-6,15,17H,7H2,1-2H3.